The van der Waals surface area contributed by atoms with Gasteiger partial charge in [-0.05, 0) is 36.5 Å². The fourth-order valence-electron chi connectivity index (χ4n) is 3.20. The molecule has 1 amide bonds. The third kappa shape index (κ3) is 3.28. The smallest absolute Gasteiger partial charge is 0.253 e. The lowest BCUT2D eigenvalue weighted by molar-refractivity contribution is 0.0946. The van der Waals surface area contributed by atoms with Crippen LogP contribution in [0.2, 0.25) is 0 Å². The number of rotatable bonds is 3. The Hall–Kier alpha value is -2.56. The van der Waals surface area contributed by atoms with Gasteiger partial charge in [-0.15, -0.1) is 0 Å². The van der Waals surface area contributed by atoms with Gasteiger partial charge in [-0.3, -0.25) is 9.59 Å². The number of aromatic amines is 1. The standard InChI is InChI=1S/C18H21N3O2/c1-12-7-17(22)19-10-15(12)18(23)20-9-13-8-14-5-3-4-6-16(14)21(2)11-13/h3-7,10,13H,8-9,11H2,1-2H3,(H,19,22)(H,20,23). The second-order valence-electron chi connectivity index (χ2n) is 6.18. The van der Waals surface area contributed by atoms with Gasteiger partial charge < -0.3 is 15.2 Å². The molecule has 1 atom stereocenters. The van der Waals surface area contributed by atoms with Crippen LogP contribution in [0.3, 0.4) is 0 Å². The zero-order valence-electron chi connectivity index (χ0n) is 13.4. The van der Waals surface area contributed by atoms with E-state index in [2.05, 4.69) is 46.5 Å². The van der Waals surface area contributed by atoms with Crippen molar-refractivity contribution in [2.75, 3.05) is 25.0 Å². The van der Waals surface area contributed by atoms with Crippen LogP contribution >= 0.6 is 0 Å². The molecule has 0 spiro atoms. The van der Waals surface area contributed by atoms with Crippen molar-refractivity contribution in [1.29, 1.82) is 0 Å². The highest BCUT2D eigenvalue weighted by molar-refractivity contribution is 5.95. The van der Waals surface area contributed by atoms with Crippen LogP contribution in [0.1, 0.15) is 21.5 Å². The van der Waals surface area contributed by atoms with Gasteiger partial charge in [-0.2, -0.15) is 0 Å². The van der Waals surface area contributed by atoms with Crippen molar-refractivity contribution in [3.05, 3.63) is 63.6 Å². The number of benzene rings is 1. The number of nitrogens with one attached hydrogen (secondary N) is 2. The third-order valence-electron chi connectivity index (χ3n) is 4.37. The molecule has 2 heterocycles. The van der Waals surface area contributed by atoms with E-state index in [-0.39, 0.29) is 11.5 Å². The van der Waals surface area contributed by atoms with Crippen molar-refractivity contribution >= 4 is 11.6 Å². The number of pyridine rings is 1. The summed E-state index contributed by atoms with van der Waals surface area (Å²) >= 11 is 0. The van der Waals surface area contributed by atoms with Crippen LogP contribution in [-0.4, -0.2) is 31.0 Å². The third-order valence-corrected chi connectivity index (χ3v) is 4.37. The Kier molecular flexibility index (Phi) is 4.19. The van der Waals surface area contributed by atoms with Crippen molar-refractivity contribution in [2.24, 2.45) is 5.92 Å². The zero-order chi connectivity index (χ0) is 16.4. The van der Waals surface area contributed by atoms with Gasteiger partial charge in [0.15, 0.2) is 0 Å². The van der Waals surface area contributed by atoms with Gasteiger partial charge in [0.25, 0.3) is 5.91 Å². The molecule has 5 heteroatoms. The fourth-order valence-corrected chi connectivity index (χ4v) is 3.20. The van der Waals surface area contributed by atoms with Crippen LogP contribution in [0.25, 0.3) is 0 Å². The number of hydrogen-bond donors (Lipinski definition) is 2. The number of aryl methyl sites for hydroxylation is 1. The van der Waals surface area contributed by atoms with Crippen molar-refractivity contribution < 1.29 is 4.79 Å². The molecule has 1 aromatic carbocycles. The van der Waals surface area contributed by atoms with Gasteiger partial charge in [-0.1, -0.05) is 18.2 Å². The molecule has 0 saturated carbocycles. The summed E-state index contributed by atoms with van der Waals surface area (Å²) in [5.41, 5.74) is 3.61. The number of para-hydroxylation sites is 1. The highest BCUT2D eigenvalue weighted by atomic mass is 16.1. The van der Waals surface area contributed by atoms with E-state index in [0.717, 1.165) is 13.0 Å². The Morgan fingerprint density at radius 2 is 2.17 bits per heavy atom. The maximum absolute atomic E-state index is 12.3. The van der Waals surface area contributed by atoms with E-state index in [1.54, 1.807) is 6.92 Å². The van der Waals surface area contributed by atoms with Gasteiger partial charge >= 0.3 is 0 Å². The monoisotopic (exact) mass is 311 g/mol. The minimum absolute atomic E-state index is 0.139. The van der Waals surface area contributed by atoms with Crippen LogP contribution in [-0.2, 0) is 6.42 Å². The predicted molar refractivity (Wildman–Crippen MR) is 91.0 cm³/mol. The van der Waals surface area contributed by atoms with Crippen LogP contribution in [0, 0.1) is 12.8 Å². The molecule has 0 fully saturated rings. The molecule has 5 nitrogen and oxygen atoms in total. The molecule has 1 unspecified atom stereocenters. The Labute approximate surface area is 135 Å². The number of hydrogen-bond acceptors (Lipinski definition) is 3. The highest BCUT2D eigenvalue weighted by Gasteiger charge is 2.22. The van der Waals surface area contributed by atoms with Crippen LogP contribution in [0.4, 0.5) is 5.69 Å². The number of carbonyl (C=O) groups excluding carboxylic acids is 1. The molecular weight excluding hydrogens is 290 g/mol. The summed E-state index contributed by atoms with van der Waals surface area (Å²) in [6, 6.07) is 9.83. The molecule has 1 aliphatic rings. The van der Waals surface area contributed by atoms with E-state index in [0.29, 0.717) is 23.6 Å². The molecule has 1 aromatic heterocycles. The lowest BCUT2D eigenvalue weighted by Crippen LogP contribution is -2.39. The van der Waals surface area contributed by atoms with Gasteiger partial charge in [0.2, 0.25) is 5.56 Å². The molecule has 2 N–H and O–H groups in total. The minimum Gasteiger partial charge on any atom is -0.374 e. The molecule has 2 aromatic rings. The number of amides is 1. The molecule has 23 heavy (non-hydrogen) atoms. The minimum atomic E-state index is -0.190. The number of aromatic nitrogens is 1. The Morgan fingerprint density at radius 3 is 2.96 bits per heavy atom. The highest BCUT2D eigenvalue weighted by Crippen LogP contribution is 2.27. The fraction of sp³-hybridized carbons (Fsp3) is 0.333. The molecule has 0 bridgehead atoms. The summed E-state index contributed by atoms with van der Waals surface area (Å²) in [7, 11) is 2.08. The number of fused-ring (bicyclic) bond motifs is 1. The lowest BCUT2D eigenvalue weighted by Gasteiger charge is -2.33. The second-order valence-corrected chi connectivity index (χ2v) is 6.18. The van der Waals surface area contributed by atoms with E-state index < -0.39 is 0 Å². The largest absolute Gasteiger partial charge is 0.374 e. The zero-order valence-corrected chi connectivity index (χ0v) is 13.4. The summed E-state index contributed by atoms with van der Waals surface area (Å²) < 4.78 is 0. The van der Waals surface area contributed by atoms with Crippen molar-refractivity contribution in [2.45, 2.75) is 13.3 Å². The molecular formula is C18H21N3O2. The molecule has 0 radical (unpaired) electrons. The Morgan fingerprint density at radius 1 is 1.39 bits per heavy atom. The number of anilines is 1. The first kappa shape index (κ1) is 15.3. The summed E-state index contributed by atoms with van der Waals surface area (Å²) in [6.07, 6.45) is 2.45. The van der Waals surface area contributed by atoms with Gasteiger partial charge in [-0.25, -0.2) is 0 Å². The van der Waals surface area contributed by atoms with E-state index in [1.807, 2.05) is 0 Å². The van der Waals surface area contributed by atoms with E-state index in [4.69, 9.17) is 0 Å². The first-order valence-corrected chi connectivity index (χ1v) is 7.81. The molecule has 0 aliphatic carbocycles. The number of carbonyl (C=O) groups is 1. The topological polar surface area (TPSA) is 65.2 Å². The maximum Gasteiger partial charge on any atom is 0.253 e. The van der Waals surface area contributed by atoms with Gasteiger partial charge in [0.1, 0.15) is 0 Å². The average Bonchev–Trinajstić information content (AvgIpc) is 2.53. The normalized spacial score (nSPS) is 16.8. The Bertz CT molecular complexity index is 782. The predicted octanol–water partition coefficient (Wildman–Crippen LogP) is 1.72. The van der Waals surface area contributed by atoms with E-state index >= 15 is 0 Å². The van der Waals surface area contributed by atoms with E-state index in [1.165, 1.54) is 23.5 Å². The van der Waals surface area contributed by atoms with Crippen molar-refractivity contribution in [1.82, 2.24) is 10.3 Å². The lowest BCUT2D eigenvalue weighted by atomic mass is 9.92. The van der Waals surface area contributed by atoms with Crippen LogP contribution in [0.5, 0.6) is 0 Å². The maximum atomic E-state index is 12.3. The van der Waals surface area contributed by atoms with E-state index in [9.17, 15) is 9.59 Å². The molecule has 3 rings (SSSR count). The van der Waals surface area contributed by atoms with Crippen molar-refractivity contribution in [3.63, 3.8) is 0 Å². The summed E-state index contributed by atoms with van der Waals surface area (Å²) in [5, 5.41) is 2.99. The quantitative estimate of drug-likeness (QED) is 0.907. The summed E-state index contributed by atoms with van der Waals surface area (Å²) in [5.74, 6) is 0.238. The van der Waals surface area contributed by atoms with Crippen molar-refractivity contribution in [3.8, 4) is 0 Å². The number of H-pyrrole nitrogens is 1. The average molecular weight is 311 g/mol. The molecule has 0 saturated heterocycles. The molecule has 120 valence electrons. The van der Waals surface area contributed by atoms with Crippen LogP contribution < -0.4 is 15.8 Å². The first-order valence-electron chi connectivity index (χ1n) is 7.81. The first-order chi connectivity index (χ1) is 11.0. The van der Waals surface area contributed by atoms with Gasteiger partial charge in [0.05, 0.1) is 5.56 Å². The van der Waals surface area contributed by atoms with Crippen LogP contribution in [0.15, 0.2) is 41.3 Å². The molecule has 1 aliphatic heterocycles. The number of nitrogens with zero attached hydrogens (tertiary/aromatic N) is 1. The summed E-state index contributed by atoms with van der Waals surface area (Å²) in [6.45, 7) is 3.31. The second kappa shape index (κ2) is 6.28. The summed E-state index contributed by atoms with van der Waals surface area (Å²) in [4.78, 5) is 28.3. The SMILES string of the molecule is Cc1cc(=O)[nH]cc1C(=O)NCC1Cc2ccccc2N(C)C1. The Balaban J connectivity index is 1.65. The van der Waals surface area contributed by atoms with Gasteiger partial charge in [0, 0.05) is 38.1 Å².